The van der Waals surface area contributed by atoms with Crippen molar-refractivity contribution in [3.05, 3.63) is 23.8 Å². The van der Waals surface area contributed by atoms with Gasteiger partial charge in [0.05, 0.1) is 5.56 Å². The molecule has 1 amide bonds. The summed E-state index contributed by atoms with van der Waals surface area (Å²) in [4.78, 5) is 12.4. The van der Waals surface area contributed by atoms with Crippen LogP contribution in [0.15, 0.2) is 18.2 Å². The first-order valence-electron chi connectivity index (χ1n) is 7.66. The molecule has 0 bridgehead atoms. The van der Waals surface area contributed by atoms with Crippen LogP contribution in [0.1, 0.15) is 36.0 Å². The molecule has 1 aromatic rings. The largest absolute Gasteiger partial charge is 0.486 e. The topological polar surface area (TPSA) is 73.6 Å². The second-order valence-electron chi connectivity index (χ2n) is 5.82. The lowest BCUT2D eigenvalue weighted by atomic mass is 9.86. The van der Waals surface area contributed by atoms with Crippen molar-refractivity contribution in [2.75, 3.05) is 19.8 Å². The number of carbonyl (C=O) groups is 1. The van der Waals surface area contributed by atoms with Gasteiger partial charge in [0.2, 0.25) is 0 Å². The van der Waals surface area contributed by atoms with E-state index in [1.54, 1.807) is 6.07 Å². The van der Waals surface area contributed by atoms with Gasteiger partial charge in [-0.15, -0.1) is 0 Å². The van der Waals surface area contributed by atoms with Crippen LogP contribution in [-0.4, -0.2) is 31.7 Å². The molecule has 1 aliphatic carbocycles. The number of nitrogens with one attached hydrogen (secondary N) is 1. The summed E-state index contributed by atoms with van der Waals surface area (Å²) in [5.41, 5.74) is 6.46. The normalized spacial score (nSPS) is 24.4. The number of nitrogens with two attached hydrogens (primary N) is 1. The van der Waals surface area contributed by atoms with Crippen molar-refractivity contribution < 1.29 is 14.3 Å². The van der Waals surface area contributed by atoms with Crippen LogP contribution < -0.4 is 20.5 Å². The minimum absolute atomic E-state index is 0.0905. The molecule has 0 unspecified atom stereocenters. The third-order valence-corrected chi connectivity index (χ3v) is 4.25. The van der Waals surface area contributed by atoms with Gasteiger partial charge in [0.25, 0.3) is 5.91 Å². The molecule has 21 heavy (non-hydrogen) atoms. The molecule has 0 atom stereocenters. The third kappa shape index (κ3) is 3.29. The van der Waals surface area contributed by atoms with Crippen molar-refractivity contribution in [1.82, 2.24) is 5.32 Å². The van der Waals surface area contributed by atoms with Crippen molar-refractivity contribution in [3.63, 3.8) is 0 Å². The van der Waals surface area contributed by atoms with Crippen molar-refractivity contribution >= 4 is 5.91 Å². The molecule has 0 spiro atoms. The molecule has 1 aliphatic heterocycles. The predicted molar refractivity (Wildman–Crippen MR) is 79.7 cm³/mol. The fourth-order valence-electron chi connectivity index (χ4n) is 2.98. The molecular formula is C16H22N2O3. The molecule has 1 fully saturated rings. The molecule has 5 heteroatoms. The van der Waals surface area contributed by atoms with Gasteiger partial charge in [0.1, 0.15) is 13.2 Å². The summed E-state index contributed by atoms with van der Waals surface area (Å²) in [5, 5.41) is 3.02. The van der Waals surface area contributed by atoms with Crippen molar-refractivity contribution in [1.29, 1.82) is 0 Å². The van der Waals surface area contributed by atoms with Gasteiger partial charge >= 0.3 is 0 Å². The minimum atomic E-state index is -0.0905. The summed E-state index contributed by atoms with van der Waals surface area (Å²) in [7, 11) is 0. The fraction of sp³-hybridized carbons (Fsp3) is 0.562. The molecule has 3 rings (SSSR count). The summed E-state index contributed by atoms with van der Waals surface area (Å²) in [6.45, 7) is 1.72. The molecule has 0 radical (unpaired) electrons. The Morgan fingerprint density at radius 1 is 1.19 bits per heavy atom. The molecule has 0 saturated heterocycles. The Kier molecular flexibility index (Phi) is 4.29. The fourth-order valence-corrected chi connectivity index (χ4v) is 2.98. The molecule has 114 valence electrons. The van der Waals surface area contributed by atoms with Crippen LogP contribution >= 0.6 is 0 Å². The van der Waals surface area contributed by atoms with Gasteiger partial charge in [-0.25, -0.2) is 0 Å². The number of carbonyl (C=O) groups excluding carboxylic acids is 1. The van der Waals surface area contributed by atoms with E-state index in [-0.39, 0.29) is 5.91 Å². The van der Waals surface area contributed by atoms with E-state index >= 15 is 0 Å². The van der Waals surface area contributed by atoms with E-state index in [2.05, 4.69) is 5.32 Å². The van der Waals surface area contributed by atoms with Crippen LogP contribution in [-0.2, 0) is 0 Å². The van der Waals surface area contributed by atoms with Crippen LogP contribution in [0.4, 0.5) is 0 Å². The van der Waals surface area contributed by atoms with Crippen LogP contribution in [0.3, 0.4) is 0 Å². The first kappa shape index (κ1) is 14.2. The Morgan fingerprint density at radius 2 is 1.95 bits per heavy atom. The molecule has 0 aromatic heterocycles. The lowest BCUT2D eigenvalue weighted by Gasteiger charge is -2.26. The molecule has 2 aliphatic rings. The summed E-state index contributed by atoms with van der Waals surface area (Å²) >= 11 is 0. The second kappa shape index (κ2) is 6.35. The molecule has 1 heterocycles. The van der Waals surface area contributed by atoms with Crippen LogP contribution in [0, 0.1) is 5.92 Å². The van der Waals surface area contributed by atoms with Crippen molar-refractivity contribution in [2.45, 2.75) is 31.7 Å². The summed E-state index contributed by atoms with van der Waals surface area (Å²) in [6.07, 6.45) is 4.29. The number of ether oxygens (including phenoxy) is 2. The highest BCUT2D eigenvalue weighted by atomic mass is 16.6. The van der Waals surface area contributed by atoms with Gasteiger partial charge in [-0.2, -0.15) is 0 Å². The highest BCUT2D eigenvalue weighted by Crippen LogP contribution is 2.33. The highest BCUT2D eigenvalue weighted by Gasteiger charge is 2.22. The smallest absolute Gasteiger partial charge is 0.255 e. The Bertz CT molecular complexity index is 510. The standard InChI is InChI=1S/C16H22N2O3/c17-12-6-4-11(5-7-12)10-18-16(19)13-2-1-3-14-15(13)21-9-8-20-14/h1-3,11-12H,4-10,17H2,(H,18,19). The number of amides is 1. The van der Waals surface area contributed by atoms with E-state index in [0.29, 0.717) is 48.8 Å². The number of hydrogen-bond acceptors (Lipinski definition) is 4. The summed E-state index contributed by atoms with van der Waals surface area (Å²) in [6, 6.07) is 5.76. The van der Waals surface area contributed by atoms with Gasteiger partial charge in [-0.1, -0.05) is 6.07 Å². The Labute approximate surface area is 124 Å². The molecule has 1 saturated carbocycles. The van der Waals surface area contributed by atoms with Gasteiger partial charge in [0.15, 0.2) is 11.5 Å². The van der Waals surface area contributed by atoms with Gasteiger partial charge < -0.3 is 20.5 Å². The molecule has 1 aromatic carbocycles. The number of hydrogen-bond donors (Lipinski definition) is 2. The zero-order valence-electron chi connectivity index (χ0n) is 12.1. The second-order valence-corrected chi connectivity index (χ2v) is 5.82. The van der Waals surface area contributed by atoms with Gasteiger partial charge in [-0.3, -0.25) is 4.79 Å². The lowest BCUT2D eigenvalue weighted by Crippen LogP contribution is -2.34. The molecular weight excluding hydrogens is 268 g/mol. The van der Waals surface area contributed by atoms with Gasteiger partial charge in [-0.05, 0) is 43.7 Å². The third-order valence-electron chi connectivity index (χ3n) is 4.25. The van der Waals surface area contributed by atoms with Crippen molar-refractivity contribution in [3.8, 4) is 11.5 Å². The number of fused-ring (bicyclic) bond motifs is 1. The van der Waals surface area contributed by atoms with Crippen LogP contribution in [0.25, 0.3) is 0 Å². The maximum Gasteiger partial charge on any atom is 0.255 e. The zero-order chi connectivity index (χ0) is 14.7. The maximum atomic E-state index is 12.4. The van der Waals surface area contributed by atoms with E-state index < -0.39 is 0 Å². The summed E-state index contributed by atoms with van der Waals surface area (Å²) in [5.74, 6) is 1.65. The predicted octanol–water partition coefficient (Wildman–Crippen LogP) is 1.71. The number of rotatable bonds is 3. The number of para-hydroxylation sites is 1. The quantitative estimate of drug-likeness (QED) is 0.888. The van der Waals surface area contributed by atoms with Crippen molar-refractivity contribution in [2.24, 2.45) is 11.7 Å². The average Bonchev–Trinajstić information content (AvgIpc) is 2.53. The Balaban J connectivity index is 1.61. The monoisotopic (exact) mass is 290 g/mol. The van der Waals surface area contributed by atoms with E-state index in [0.717, 1.165) is 25.7 Å². The molecule has 5 nitrogen and oxygen atoms in total. The Morgan fingerprint density at radius 3 is 2.76 bits per heavy atom. The van der Waals surface area contributed by atoms with E-state index in [4.69, 9.17) is 15.2 Å². The maximum absolute atomic E-state index is 12.4. The Hall–Kier alpha value is -1.75. The summed E-state index contributed by atoms with van der Waals surface area (Å²) < 4.78 is 11.1. The molecule has 3 N–H and O–H groups in total. The highest BCUT2D eigenvalue weighted by molar-refractivity contribution is 5.97. The van der Waals surface area contributed by atoms with Crippen LogP contribution in [0.2, 0.25) is 0 Å². The first-order valence-corrected chi connectivity index (χ1v) is 7.66. The van der Waals surface area contributed by atoms with Crippen LogP contribution in [0.5, 0.6) is 11.5 Å². The lowest BCUT2D eigenvalue weighted by molar-refractivity contribution is 0.0932. The zero-order valence-corrected chi connectivity index (χ0v) is 12.1. The van der Waals surface area contributed by atoms with E-state index in [1.165, 1.54) is 0 Å². The number of benzene rings is 1. The average molecular weight is 290 g/mol. The van der Waals surface area contributed by atoms with E-state index in [1.807, 2.05) is 12.1 Å². The first-order chi connectivity index (χ1) is 10.2. The SMILES string of the molecule is NC1CCC(CNC(=O)c2cccc3c2OCCO3)CC1. The van der Waals surface area contributed by atoms with E-state index in [9.17, 15) is 4.79 Å². The minimum Gasteiger partial charge on any atom is -0.486 e. The van der Waals surface area contributed by atoms with Gasteiger partial charge in [0, 0.05) is 12.6 Å².